The first-order chi connectivity index (χ1) is 8.13. The van der Waals surface area contributed by atoms with Gasteiger partial charge in [0.05, 0.1) is 0 Å². The van der Waals surface area contributed by atoms with Crippen LogP contribution in [0.15, 0.2) is 28.7 Å². The van der Waals surface area contributed by atoms with Crippen molar-refractivity contribution >= 4 is 15.9 Å². The molecule has 0 aromatic heterocycles. The van der Waals surface area contributed by atoms with Crippen LogP contribution in [0, 0.1) is 5.41 Å². The fourth-order valence-electron chi connectivity index (χ4n) is 2.47. The lowest BCUT2D eigenvalue weighted by atomic mass is 10.1. The number of halogens is 1. The molecule has 1 aliphatic rings. The Morgan fingerprint density at radius 1 is 1.29 bits per heavy atom. The molecular formula is C14H21BrN2. The van der Waals surface area contributed by atoms with E-state index in [1.165, 1.54) is 24.9 Å². The predicted molar refractivity (Wildman–Crippen MR) is 76.1 cm³/mol. The summed E-state index contributed by atoms with van der Waals surface area (Å²) in [6.45, 7) is 3.39. The summed E-state index contributed by atoms with van der Waals surface area (Å²) in [4.78, 5) is 2.44. The number of hydrogen-bond acceptors (Lipinski definition) is 2. The molecule has 0 bridgehead atoms. The summed E-state index contributed by atoms with van der Waals surface area (Å²) in [6, 6.07) is 8.61. The summed E-state index contributed by atoms with van der Waals surface area (Å²) in [5, 5.41) is 3.31. The van der Waals surface area contributed by atoms with Gasteiger partial charge in [0, 0.05) is 24.1 Å². The van der Waals surface area contributed by atoms with E-state index in [1.54, 1.807) is 0 Å². The van der Waals surface area contributed by atoms with E-state index < -0.39 is 0 Å². The molecular weight excluding hydrogens is 276 g/mol. The molecule has 1 aromatic carbocycles. The van der Waals surface area contributed by atoms with E-state index in [0.29, 0.717) is 5.41 Å². The van der Waals surface area contributed by atoms with Gasteiger partial charge >= 0.3 is 0 Å². The third-order valence-corrected chi connectivity index (χ3v) is 4.01. The minimum atomic E-state index is 0.554. The zero-order valence-corrected chi connectivity index (χ0v) is 12.3. The van der Waals surface area contributed by atoms with Gasteiger partial charge in [-0.2, -0.15) is 0 Å². The highest BCUT2D eigenvalue weighted by Gasteiger charge is 2.42. The topological polar surface area (TPSA) is 15.3 Å². The number of nitrogens with zero attached hydrogens (tertiary/aromatic N) is 1. The SMILES string of the molecule is CNCC1(CN(C)Cc2ccc(Br)cc2)CC1. The van der Waals surface area contributed by atoms with Crippen LogP contribution in [0.25, 0.3) is 0 Å². The van der Waals surface area contributed by atoms with Crippen molar-refractivity contribution in [2.75, 3.05) is 27.2 Å². The average molecular weight is 297 g/mol. The van der Waals surface area contributed by atoms with Gasteiger partial charge in [-0.05, 0) is 50.0 Å². The monoisotopic (exact) mass is 296 g/mol. The Kier molecular flexibility index (Phi) is 4.23. The molecule has 2 rings (SSSR count). The summed E-state index contributed by atoms with van der Waals surface area (Å²) in [5.74, 6) is 0. The smallest absolute Gasteiger partial charge is 0.0230 e. The maximum Gasteiger partial charge on any atom is 0.0230 e. The van der Waals surface area contributed by atoms with Gasteiger partial charge in [-0.15, -0.1) is 0 Å². The van der Waals surface area contributed by atoms with Crippen LogP contribution in [-0.2, 0) is 6.54 Å². The molecule has 0 atom stereocenters. The largest absolute Gasteiger partial charge is 0.319 e. The lowest BCUT2D eigenvalue weighted by Crippen LogP contribution is -2.32. The van der Waals surface area contributed by atoms with Gasteiger partial charge in [-0.3, -0.25) is 0 Å². The van der Waals surface area contributed by atoms with Crippen LogP contribution in [-0.4, -0.2) is 32.1 Å². The molecule has 0 amide bonds. The Morgan fingerprint density at radius 2 is 1.94 bits per heavy atom. The van der Waals surface area contributed by atoms with Crippen LogP contribution in [0.4, 0.5) is 0 Å². The van der Waals surface area contributed by atoms with Crippen molar-refractivity contribution in [3.05, 3.63) is 34.3 Å². The van der Waals surface area contributed by atoms with E-state index in [1.807, 2.05) is 0 Å². The second-order valence-corrected chi connectivity index (χ2v) is 6.24. The van der Waals surface area contributed by atoms with Gasteiger partial charge in [-0.1, -0.05) is 28.1 Å². The van der Waals surface area contributed by atoms with Crippen LogP contribution < -0.4 is 5.32 Å². The summed E-state index contributed by atoms with van der Waals surface area (Å²) in [5.41, 5.74) is 1.94. The maximum atomic E-state index is 3.47. The first kappa shape index (κ1) is 13.1. The van der Waals surface area contributed by atoms with Crippen molar-refractivity contribution < 1.29 is 0 Å². The molecule has 1 fully saturated rings. The molecule has 1 aliphatic carbocycles. The number of hydrogen-bond donors (Lipinski definition) is 1. The quantitative estimate of drug-likeness (QED) is 0.868. The Hall–Kier alpha value is -0.380. The molecule has 1 aromatic rings. The minimum Gasteiger partial charge on any atom is -0.319 e. The second-order valence-electron chi connectivity index (χ2n) is 5.33. The van der Waals surface area contributed by atoms with E-state index >= 15 is 0 Å². The zero-order valence-electron chi connectivity index (χ0n) is 10.7. The summed E-state index contributed by atoms with van der Waals surface area (Å²) in [7, 11) is 4.27. The fourth-order valence-corrected chi connectivity index (χ4v) is 2.74. The summed E-state index contributed by atoms with van der Waals surface area (Å²) >= 11 is 3.47. The van der Waals surface area contributed by atoms with Gasteiger partial charge in [-0.25, -0.2) is 0 Å². The second kappa shape index (κ2) is 5.51. The first-order valence-electron chi connectivity index (χ1n) is 6.21. The molecule has 0 heterocycles. The fraction of sp³-hybridized carbons (Fsp3) is 0.571. The number of nitrogens with one attached hydrogen (secondary N) is 1. The van der Waals surface area contributed by atoms with E-state index in [-0.39, 0.29) is 0 Å². The van der Waals surface area contributed by atoms with Crippen molar-refractivity contribution in [1.29, 1.82) is 0 Å². The van der Waals surface area contributed by atoms with Crippen LogP contribution in [0.3, 0.4) is 0 Å². The first-order valence-corrected chi connectivity index (χ1v) is 7.00. The Balaban J connectivity index is 1.85. The summed E-state index contributed by atoms with van der Waals surface area (Å²) < 4.78 is 1.15. The van der Waals surface area contributed by atoms with Gasteiger partial charge < -0.3 is 10.2 Å². The highest BCUT2D eigenvalue weighted by atomic mass is 79.9. The molecule has 0 radical (unpaired) electrons. The number of rotatable bonds is 6. The molecule has 0 aliphatic heterocycles. The van der Waals surface area contributed by atoms with Crippen molar-refractivity contribution in [2.45, 2.75) is 19.4 Å². The van der Waals surface area contributed by atoms with Crippen LogP contribution >= 0.6 is 15.9 Å². The standard InChI is InChI=1S/C14H21BrN2/c1-16-10-14(7-8-14)11-17(2)9-12-3-5-13(15)6-4-12/h3-6,16H,7-11H2,1-2H3. The van der Waals surface area contributed by atoms with Crippen LogP contribution in [0.2, 0.25) is 0 Å². The van der Waals surface area contributed by atoms with E-state index in [4.69, 9.17) is 0 Å². The molecule has 3 heteroatoms. The Bertz CT molecular complexity index is 357. The molecule has 1 N–H and O–H groups in total. The highest BCUT2D eigenvalue weighted by Crippen LogP contribution is 2.45. The van der Waals surface area contributed by atoms with Gasteiger partial charge in [0.15, 0.2) is 0 Å². The normalized spacial score (nSPS) is 17.4. The highest BCUT2D eigenvalue weighted by molar-refractivity contribution is 9.10. The minimum absolute atomic E-state index is 0.554. The third-order valence-electron chi connectivity index (χ3n) is 3.48. The summed E-state index contributed by atoms with van der Waals surface area (Å²) in [6.07, 6.45) is 2.75. The average Bonchev–Trinajstić information content (AvgIpc) is 3.02. The molecule has 94 valence electrons. The van der Waals surface area contributed by atoms with Crippen molar-refractivity contribution in [3.8, 4) is 0 Å². The Labute approximate surface area is 113 Å². The van der Waals surface area contributed by atoms with Gasteiger partial charge in [0.2, 0.25) is 0 Å². The van der Waals surface area contributed by atoms with Crippen LogP contribution in [0.1, 0.15) is 18.4 Å². The van der Waals surface area contributed by atoms with E-state index in [2.05, 4.69) is 64.5 Å². The van der Waals surface area contributed by atoms with Gasteiger partial charge in [0.25, 0.3) is 0 Å². The van der Waals surface area contributed by atoms with Crippen LogP contribution in [0.5, 0.6) is 0 Å². The molecule has 1 saturated carbocycles. The van der Waals surface area contributed by atoms with Crippen molar-refractivity contribution in [2.24, 2.45) is 5.41 Å². The molecule has 0 spiro atoms. The zero-order chi connectivity index (χ0) is 12.3. The lowest BCUT2D eigenvalue weighted by molar-refractivity contribution is 0.252. The maximum absolute atomic E-state index is 3.47. The van der Waals surface area contributed by atoms with Gasteiger partial charge in [0.1, 0.15) is 0 Å². The molecule has 17 heavy (non-hydrogen) atoms. The van der Waals surface area contributed by atoms with Crippen molar-refractivity contribution in [1.82, 2.24) is 10.2 Å². The lowest BCUT2D eigenvalue weighted by Gasteiger charge is -2.23. The molecule has 0 saturated heterocycles. The van der Waals surface area contributed by atoms with Crippen molar-refractivity contribution in [3.63, 3.8) is 0 Å². The Morgan fingerprint density at radius 3 is 2.47 bits per heavy atom. The molecule has 0 unspecified atom stereocenters. The van der Waals surface area contributed by atoms with E-state index in [0.717, 1.165) is 17.6 Å². The molecule has 2 nitrogen and oxygen atoms in total. The van der Waals surface area contributed by atoms with E-state index in [9.17, 15) is 0 Å². The number of benzene rings is 1. The predicted octanol–water partition coefficient (Wildman–Crippen LogP) is 2.88. The third kappa shape index (κ3) is 3.80.